The second-order valence-electron chi connectivity index (χ2n) is 8.29. The van der Waals surface area contributed by atoms with Gasteiger partial charge in [-0.1, -0.05) is 31.2 Å². The number of carbonyl (C=O) groups excluding carboxylic acids is 1. The normalized spacial score (nSPS) is 17.8. The molecule has 33 heavy (non-hydrogen) atoms. The predicted molar refractivity (Wildman–Crippen MR) is 133 cm³/mol. The summed E-state index contributed by atoms with van der Waals surface area (Å²) in [5.74, 6) is -0.250. The van der Waals surface area contributed by atoms with Crippen LogP contribution < -0.4 is 5.32 Å². The molecule has 2 atom stereocenters. The van der Waals surface area contributed by atoms with E-state index in [9.17, 15) is 4.79 Å². The van der Waals surface area contributed by atoms with Gasteiger partial charge in [0, 0.05) is 29.8 Å². The van der Waals surface area contributed by atoms with Crippen molar-refractivity contribution in [3.63, 3.8) is 0 Å². The average Bonchev–Trinajstić information content (AvgIpc) is 3.32. The lowest BCUT2D eigenvalue weighted by Crippen LogP contribution is -2.32. The number of para-hydroxylation sites is 1. The number of esters is 1. The Morgan fingerprint density at radius 1 is 1.18 bits per heavy atom. The molecule has 0 radical (unpaired) electrons. The van der Waals surface area contributed by atoms with Gasteiger partial charge in [0.15, 0.2) is 5.11 Å². The predicted octanol–water partition coefficient (Wildman–Crippen LogP) is 4.59. The Bertz CT molecular complexity index is 1160. The van der Waals surface area contributed by atoms with Crippen molar-refractivity contribution in [1.29, 1.82) is 0 Å². The van der Waals surface area contributed by atoms with Crippen LogP contribution in [0.1, 0.15) is 53.6 Å². The molecule has 172 valence electrons. The highest BCUT2D eigenvalue weighted by molar-refractivity contribution is 7.80. The van der Waals surface area contributed by atoms with Gasteiger partial charge in [-0.3, -0.25) is 9.78 Å². The molecular weight excluding hydrogens is 432 g/mol. The molecule has 2 aromatic heterocycles. The lowest BCUT2D eigenvalue weighted by Gasteiger charge is -2.28. The van der Waals surface area contributed by atoms with Gasteiger partial charge in [0.2, 0.25) is 0 Å². The molecule has 1 N–H and O–H groups in total. The molecule has 1 fully saturated rings. The number of thiocarbonyl (C=S) groups is 1. The second kappa shape index (κ2) is 9.75. The second-order valence-corrected chi connectivity index (χ2v) is 8.68. The lowest BCUT2D eigenvalue weighted by molar-refractivity contribution is -0.140. The number of methoxy groups -OCH3 is 1. The molecule has 0 bridgehead atoms. The fourth-order valence-electron chi connectivity index (χ4n) is 4.78. The summed E-state index contributed by atoms with van der Waals surface area (Å²) in [4.78, 5) is 18.6. The number of benzene rings is 1. The lowest BCUT2D eigenvalue weighted by atomic mass is 9.96. The quantitative estimate of drug-likeness (QED) is 0.410. The summed E-state index contributed by atoms with van der Waals surface area (Å²) in [7, 11) is 1.41. The fourth-order valence-corrected chi connectivity index (χ4v) is 5.12. The van der Waals surface area contributed by atoms with Crippen molar-refractivity contribution >= 4 is 23.3 Å². The maximum absolute atomic E-state index is 11.9. The van der Waals surface area contributed by atoms with E-state index in [4.69, 9.17) is 17.0 Å². The first-order valence-electron chi connectivity index (χ1n) is 11.3. The van der Waals surface area contributed by atoms with Crippen LogP contribution in [0.3, 0.4) is 0 Å². The highest BCUT2D eigenvalue weighted by Crippen LogP contribution is 2.41. The molecule has 0 amide bonds. The van der Waals surface area contributed by atoms with Crippen molar-refractivity contribution in [2.24, 2.45) is 0 Å². The van der Waals surface area contributed by atoms with E-state index in [0.29, 0.717) is 11.7 Å². The maximum atomic E-state index is 11.9. The van der Waals surface area contributed by atoms with Crippen LogP contribution in [0.25, 0.3) is 5.69 Å². The maximum Gasteiger partial charge on any atom is 0.307 e. The van der Waals surface area contributed by atoms with Gasteiger partial charge < -0.3 is 19.5 Å². The Hall–Kier alpha value is -3.19. The summed E-state index contributed by atoms with van der Waals surface area (Å²) in [5, 5.41) is 4.09. The van der Waals surface area contributed by atoms with Crippen LogP contribution in [0.5, 0.6) is 0 Å². The Morgan fingerprint density at radius 3 is 2.64 bits per heavy atom. The number of hydrogen-bond acceptors (Lipinski definition) is 4. The van der Waals surface area contributed by atoms with Crippen molar-refractivity contribution < 1.29 is 9.53 Å². The van der Waals surface area contributed by atoms with Crippen molar-refractivity contribution in [2.45, 2.75) is 45.7 Å². The molecule has 1 aliphatic rings. The number of hydrogen-bond donors (Lipinski definition) is 1. The molecule has 0 aliphatic carbocycles. The topological polar surface area (TPSA) is 59.4 Å². The molecule has 1 aliphatic heterocycles. The summed E-state index contributed by atoms with van der Waals surface area (Å²) in [5.41, 5.74) is 6.92. The minimum atomic E-state index is -0.250. The van der Waals surface area contributed by atoms with E-state index in [-0.39, 0.29) is 24.5 Å². The first-order chi connectivity index (χ1) is 16.0. The van der Waals surface area contributed by atoms with Gasteiger partial charge in [-0.25, -0.2) is 0 Å². The number of nitrogens with zero attached hydrogens (tertiary/aromatic N) is 3. The van der Waals surface area contributed by atoms with Gasteiger partial charge in [-0.15, -0.1) is 0 Å². The first-order valence-corrected chi connectivity index (χ1v) is 11.7. The molecular formula is C26H30N4O2S. The van der Waals surface area contributed by atoms with E-state index in [0.717, 1.165) is 23.5 Å². The zero-order valence-electron chi connectivity index (χ0n) is 19.5. The van der Waals surface area contributed by atoms with E-state index in [2.05, 4.69) is 70.9 Å². The summed E-state index contributed by atoms with van der Waals surface area (Å²) in [6.07, 6.45) is 3.02. The van der Waals surface area contributed by atoms with E-state index in [1.54, 1.807) is 6.20 Å². The molecule has 7 heteroatoms. The standard InChI is InChI=1S/C26H30N4O2S/c1-5-19-10-6-7-12-22(19)30-17(2)16-20(18(30)3)25-24(21-11-8-9-14-27-21)28-26(33)29(25)15-13-23(31)32-4/h6-12,14,16,24-25H,5,13,15H2,1-4H3,(H,28,33). The van der Waals surface area contributed by atoms with E-state index in [1.807, 2.05) is 18.2 Å². The number of pyridine rings is 1. The fraction of sp³-hybridized carbons (Fsp3) is 0.346. The summed E-state index contributed by atoms with van der Waals surface area (Å²) in [6, 6.07) is 16.5. The Kier molecular flexibility index (Phi) is 6.79. The number of aryl methyl sites for hydroxylation is 2. The van der Waals surface area contributed by atoms with Crippen molar-refractivity contribution in [2.75, 3.05) is 13.7 Å². The molecule has 0 saturated carbocycles. The van der Waals surface area contributed by atoms with Crippen LogP contribution in [0.4, 0.5) is 0 Å². The zero-order chi connectivity index (χ0) is 23.5. The number of nitrogens with one attached hydrogen (secondary N) is 1. The Balaban J connectivity index is 1.81. The highest BCUT2D eigenvalue weighted by Gasteiger charge is 2.41. The molecule has 4 rings (SSSR count). The van der Waals surface area contributed by atoms with E-state index in [1.165, 1.54) is 23.9 Å². The minimum Gasteiger partial charge on any atom is -0.469 e. The van der Waals surface area contributed by atoms with Crippen LogP contribution >= 0.6 is 12.2 Å². The third-order valence-electron chi connectivity index (χ3n) is 6.38. The minimum absolute atomic E-state index is 0.0919. The molecule has 6 nitrogen and oxygen atoms in total. The van der Waals surface area contributed by atoms with Crippen molar-refractivity contribution in [3.8, 4) is 5.69 Å². The molecule has 3 aromatic rings. The van der Waals surface area contributed by atoms with Crippen LogP contribution in [0, 0.1) is 13.8 Å². The SMILES string of the molecule is CCc1ccccc1-n1c(C)cc(C2C(c3ccccn3)NC(=S)N2CCC(=O)OC)c1C. The van der Waals surface area contributed by atoms with Crippen LogP contribution in [0.15, 0.2) is 54.7 Å². The number of ether oxygens (including phenoxy) is 1. The van der Waals surface area contributed by atoms with Gasteiger partial charge in [0.05, 0.1) is 31.3 Å². The van der Waals surface area contributed by atoms with E-state index < -0.39 is 0 Å². The largest absolute Gasteiger partial charge is 0.469 e. The van der Waals surface area contributed by atoms with Gasteiger partial charge in [0.25, 0.3) is 0 Å². The van der Waals surface area contributed by atoms with Gasteiger partial charge >= 0.3 is 5.97 Å². The molecule has 2 unspecified atom stereocenters. The first kappa shape index (κ1) is 23.0. The van der Waals surface area contributed by atoms with E-state index >= 15 is 0 Å². The van der Waals surface area contributed by atoms with Gasteiger partial charge in [-0.2, -0.15) is 0 Å². The average molecular weight is 463 g/mol. The molecule has 1 aromatic carbocycles. The Labute approximate surface area is 200 Å². The molecule has 1 saturated heterocycles. The highest BCUT2D eigenvalue weighted by atomic mass is 32.1. The number of aromatic nitrogens is 2. The molecule has 0 spiro atoms. The third kappa shape index (κ3) is 4.37. The van der Waals surface area contributed by atoms with Gasteiger partial charge in [-0.05, 0) is 67.9 Å². The number of rotatable bonds is 7. The number of carbonyl (C=O) groups is 1. The third-order valence-corrected chi connectivity index (χ3v) is 6.74. The van der Waals surface area contributed by atoms with Gasteiger partial charge in [0.1, 0.15) is 0 Å². The van der Waals surface area contributed by atoms with Crippen LogP contribution in [-0.2, 0) is 16.0 Å². The summed E-state index contributed by atoms with van der Waals surface area (Å²) >= 11 is 5.73. The zero-order valence-corrected chi connectivity index (χ0v) is 20.4. The molecule has 3 heterocycles. The van der Waals surface area contributed by atoms with Crippen LogP contribution in [0.2, 0.25) is 0 Å². The Morgan fingerprint density at radius 2 is 1.94 bits per heavy atom. The monoisotopic (exact) mass is 462 g/mol. The smallest absolute Gasteiger partial charge is 0.307 e. The summed E-state index contributed by atoms with van der Waals surface area (Å²) in [6.45, 7) is 6.95. The van der Waals surface area contributed by atoms with Crippen molar-refractivity contribution in [3.05, 3.63) is 82.9 Å². The van der Waals surface area contributed by atoms with Crippen LogP contribution in [-0.4, -0.2) is 39.2 Å². The van der Waals surface area contributed by atoms with Crippen molar-refractivity contribution in [1.82, 2.24) is 19.8 Å². The summed E-state index contributed by atoms with van der Waals surface area (Å²) < 4.78 is 7.21.